The summed E-state index contributed by atoms with van der Waals surface area (Å²) in [5.74, 6) is -0.169. The van der Waals surface area contributed by atoms with E-state index in [4.69, 9.17) is 20.4 Å². The number of nitrogens with zero attached hydrogens (tertiary/aromatic N) is 5. The van der Waals surface area contributed by atoms with E-state index >= 15 is 4.39 Å². The minimum Gasteiger partial charge on any atom is -0.461 e. The molecule has 8 rings (SSSR count). The van der Waals surface area contributed by atoms with E-state index in [1.54, 1.807) is 6.07 Å². The number of nitrogens with two attached hydrogens (primary N) is 1. The molecule has 2 unspecified atom stereocenters. The van der Waals surface area contributed by atoms with Crippen LogP contribution in [0.1, 0.15) is 44.1 Å². The second-order valence-electron chi connectivity index (χ2n) is 12.1. The van der Waals surface area contributed by atoms with Gasteiger partial charge in [-0.25, -0.2) is 13.8 Å². The van der Waals surface area contributed by atoms with Crippen LogP contribution in [0.3, 0.4) is 0 Å². The van der Waals surface area contributed by atoms with Gasteiger partial charge in [0.25, 0.3) is 0 Å². The summed E-state index contributed by atoms with van der Waals surface area (Å²) in [6.45, 7) is 6.35. The molecule has 0 spiro atoms. The van der Waals surface area contributed by atoms with E-state index in [0.717, 1.165) is 69.0 Å². The summed E-state index contributed by atoms with van der Waals surface area (Å²) >= 11 is 1.07. The lowest BCUT2D eigenvalue weighted by Crippen LogP contribution is -2.43. The van der Waals surface area contributed by atoms with Crippen molar-refractivity contribution < 1.29 is 13.5 Å². The van der Waals surface area contributed by atoms with E-state index in [-0.39, 0.29) is 22.2 Å². The highest BCUT2D eigenvalue weighted by molar-refractivity contribution is 7.22. The fraction of sp³-hybridized carbons (Fsp3) is 0.500. The third-order valence-electron chi connectivity index (χ3n) is 9.75. The number of piperidine rings is 1. The second kappa shape index (κ2) is 9.43. The number of fused-ring (bicyclic) bond motifs is 5. The first kappa shape index (κ1) is 25.6. The number of benzene rings is 2. The Hall–Kier alpha value is -3.15. The summed E-state index contributed by atoms with van der Waals surface area (Å²) in [6.07, 6.45) is 6.59. The van der Waals surface area contributed by atoms with Crippen molar-refractivity contribution in [2.75, 3.05) is 43.4 Å². The summed E-state index contributed by atoms with van der Waals surface area (Å²) in [6, 6.07) is 5.83. The van der Waals surface area contributed by atoms with Gasteiger partial charge in [0.15, 0.2) is 10.9 Å². The number of rotatable bonds is 5. The van der Waals surface area contributed by atoms with Gasteiger partial charge in [-0.15, -0.1) is 0 Å². The van der Waals surface area contributed by atoms with Gasteiger partial charge in [0.2, 0.25) is 0 Å². The van der Waals surface area contributed by atoms with Crippen LogP contribution in [-0.4, -0.2) is 70.3 Å². The lowest BCUT2D eigenvalue weighted by molar-refractivity contribution is 0.108. The zero-order chi connectivity index (χ0) is 27.9. The zero-order valence-corrected chi connectivity index (χ0v) is 23.9. The highest BCUT2D eigenvalue weighted by Gasteiger charge is 2.45. The van der Waals surface area contributed by atoms with Crippen molar-refractivity contribution in [1.82, 2.24) is 25.2 Å². The van der Waals surface area contributed by atoms with E-state index < -0.39 is 11.6 Å². The van der Waals surface area contributed by atoms with Crippen LogP contribution >= 0.6 is 11.3 Å². The van der Waals surface area contributed by atoms with Gasteiger partial charge in [0, 0.05) is 35.1 Å². The monoisotopic (exact) mass is 577 g/mol. The smallest absolute Gasteiger partial charge is 0.319 e. The van der Waals surface area contributed by atoms with Crippen molar-refractivity contribution in [3.63, 3.8) is 0 Å². The van der Waals surface area contributed by atoms with Crippen molar-refractivity contribution in [3.05, 3.63) is 35.4 Å². The van der Waals surface area contributed by atoms with Crippen LogP contribution in [0.15, 0.2) is 18.2 Å². The topological polar surface area (TPSA) is 92.4 Å². The minimum atomic E-state index is -0.477. The quantitative estimate of drug-likeness (QED) is 0.342. The fourth-order valence-electron chi connectivity index (χ4n) is 7.84. The summed E-state index contributed by atoms with van der Waals surface area (Å²) in [5, 5.41) is 4.50. The number of thiazole rings is 1. The number of hydrogen-bond donors (Lipinski definition) is 2. The standard InChI is InChI=1S/C30H33F2N7OS/c1-16-12-20-24(23(32)22(16)19-4-5-21(31)26-25(19)35-28(33)41-26)36-29(40-15-30-7-2-10-38(30)11-3-8-30)37-27(20)39-14-17-13-18(39)6-9-34-17/h4-5,12,17-18,34H,2-3,6-11,13-15H2,1H3,(H2,33,35). The Balaban J connectivity index is 1.28. The van der Waals surface area contributed by atoms with E-state index in [0.29, 0.717) is 51.0 Å². The van der Waals surface area contributed by atoms with Gasteiger partial charge in [-0.1, -0.05) is 11.3 Å². The largest absolute Gasteiger partial charge is 0.461 e. The third-order valence-corrected chi connectivity index (χ3v) is 10.6. The van der Waals surface area contributed by atoms with Crippen molar-refractivity contribution >= 4 is 43.4 Å². The molecule has 3 N–H and O–H groups in total. The maximum absolute atomic E-state index is 16.8. The van der Waals surface area contributed by atoms with E-state index in [1.165, 1.54) is 18.9 Å². The molecule has 0 aliphatic carbocycles. The van der Waals surface area contributed by atoms with Gasteiger partial charge in [0.1, 0.15) is 23.8 Å². The Labute approximate surface area is 240 Å². The molecule has 41 heavy (non-hydrogen) atoms. The Morgan fingerprint density at radius 3 is 2.78 bits per heavy atom. The molecule has 11 heteroatoms. The summed E-state index contributed by atoms with van der Waals surface area (Å²) in [5.41, 5.74) is 8.10. The molecule has 0 radical (unpaired) electrons. The lowest BCUT2D eigenvalue weighted by atomic mass is 9.95. The predicted octanol–water partition coefficient (Wildman–Crippen LogP) is 5.02. The van der Waals surface area contributed by atoms with Crippen LogP contribution in [0.4, 0.5) is 19.7 Å². The molecule has 2 bridgehead atoms. The number of aryl methyl sites for hydroxylation is 1. The number of ether oxygens (including phenoxy) is 1. The van der Waals surface area contributed by atoms with Gasteiger partial charge >= 0.3 is 6.01 Å². The second-order valence-corrected chi connectivity index (χ2v) is 13.2. The molecular formula is C30H33F2N7OS. The number of anilines is 2. The molecule has 2 aromatic heterocycles. The van der Waals surface area contributed by atoms with Gasteiger partial charge in [0.05, 0.1) is 15.8 Å². The molecular weight excluding hydrogens is 544 g/mol. The number of halogens is 2. The number of nitrogen functional groups attached to an aromatic ring is 1. The highest BCUT2D eigenvalue weighted by Crippen LogP contribution is 2.43. The third kappa shape index (κ3) is 3.99. The fourth-order valence-corrected chi connectivity index (χ4v) is 8.60. The first-order valence-corrected chi connectivity index (χ1v) is 15.5. The van der Waals surface area contributed by atoms with Crippen molar-refractivity contribution in [3.8, 4) is 17.1 Å². The normalized spacial score (nSPS) is 23.6. The minimum absolute atomic E-state index is 0.0217. The molecule has 214 valence electrons. The van der Waals surface area contributed by atoms with Crippen LogP contribution < -0.4 is 20.7 Å². The predicted molar refractivity (Wildman–Crippen MR) is 158 cm³/mol. The Kier molecular flexibility index (Phi) is 5.88. The molecule has 0 saturated carbocycles. The molecule has 4 aliphatic heterocycles. The Morgan fingerprint density at radius 2 is 1.98 bits per heavy atom. The van der Waals surface area contributed by atoms with Crippen LogP contribution in [0.25, 0.3) is 32.2 Å². The molecule has 6 heterocycles. The van der Waals surface area contributed by atoms with E-state index in [9.17, 15) is 4.39 Å². The van der Waals surface area contributed by atoms with Crippen LogP contribution in [-0.2, 0) is 0 Å². The van der Waals surface area contributed by atoms with Crippen molar-refractivity contribution in [2.45, 2.75) is 63.1 Å². The summed E-state index contributed by atoms with van der Waals surface area (Å²) in [7, 11) is 0. The molecule has 2 atom stereocenters. The maximum Gasteiger partial charge on any atom is 0.319 e. The Morgan fingerprint density at radius 1 is 1.15 bits per heavy atom. The number of nitrogens with one attached hydrogen (secondary N) is 1. The average molecular weight is 578 g/mol. The molecule has 8 nitrogen and oxygen atoms in total. The number of hydrogen-bond acceptors (Lipinski definition) is 9. The highest BCUT2D eigenvalue weighted by atomic mass is 32.1. The van der Waals surface area contributed by atoms with Gasteiger partial charge < -0.3 is 20.7 Å². The summed E-state index contributed by atoms with van der Waals surface area (Å²) in [4.78, 5) is 18.9. The number of aromatic nitrogens is 3. The van der Waals surface area contributed by atoms with Gasteiger partial charge in [-0.05, 0) is 88.8 Å². The summed E-state index contributed by atoms with van der Waals surface area (Å²) < 4.78 is 38.1. The molecule has 4 saturated heterocycles. The van der Waals surface area contributed by atoms with Crippen molar-refractivity contribution in [1.29, 1.82) is 0 Å². The Bertz CT molecular complexity index is 1680. The van der Waals surface area contributed by atoms with Gasteiger partial charge in [-0.3, -0.25) is 4.90 Å². The SMILES string of the molecule is Cc1cc2c(N3CC4CC3CCN4)nc(OCC34CCCN3CCC4)nc2c(F)c1-c1ccc(F)c2sc(N)nc12. The molecule has 4 aromatic rings. The van der Waals surface area contributed by atoms with E-state index in [1.807, 2.05) is 13.0 Å². The maximum atomic E-state index is 16.8. The average Bonchev–Trinajstić information content (AvgIpc) is 3.71. The molecule has 4 aliphatic rings. The van der Waals surface area contributed by atoms with Crippen LogP contribution in [0.2, 0.25) is 0 Å². The van der Waals surface area contributed by atoms with E-state index in [2.05, 4.69) is 20.1 Å². The van der Waals surface area contributed by atoms with Gasteiger partial charge in [-0.2, -0.15) is 9.97 Å². The van der Waals surface area contributed by atoms with Crippen molar-refractivity contribution in [2.24, 2.45) is 0 Å². The lowest BCUT2D eigenvalue weighted by Gasteiger charge is -2.31. The first-order valence-electron chi connectivity index (χ1n) is 14.6. The van der Waals surface area contributed by atoms with Crippen LogP contribution in [0, 0.1) is 18.6 Å². The zero-order valence-electron chi connectivity index (χ0n) is 23.1. The molecule has 2 aromatic carbocycles. The van der Waals surface area contributed by atoms with Crippen LogP contribution in [0.5, 0.6) is 6.01 Å². The molecule has 0 amide bonds. The first-order chi connectivity index (χ1) is 19.9. The molecule has 4 fully saturated rings.